The summed E-state index contributed by atoms with van der Waals surface area (Å²) in [7, 11) is 8.63. The van der Waals surface area contributed by atoms with Crippen molar-refractivity contribution >= 4 is 67.6 Å². The summed E-state index contributed by atoms with van der Waals surface area (Å²) in [6, 6.07) is 54.1. The van der Waals surface area contributed by atoms with E-state index in [1.807, 2.05) is 32.1 Å². The molecule has 1 aliphatic heterocycles. The Kier molecular flexibility index (Phi) is 21.1. The van der Waals surface area contributed by atoms with Gasteiger partial charge in [-0.2, -0.15) is 0 Å². The van der Waals surface area contributed by atoms with Gasteiger partial charge in [0.05, 0.1) is 12.0 Å². The molecule has 5 aromatic rings. The van der Waals surface area contributed by atoms with Crippen molar-refractivity contribution in [3.05, 3.63) is 215 Å². The second-order valence-corrected chi connectivity index (χ2v) is 19.3. The fraction of sp³-hybridized carbons (Fsp3) is 0.109. The van der Waals surface area contributed by atoms with Crippen LogP contribution in [0.1, 0.15) is 13.8 Å². The van der Waals surface area contributed by atoms with E-state index in [4.69, 9.17) is 29.1 Å². The summed E-state index contributed by atoms with van der Waals surface area (Å²) in [5.41, 5.74) is 1.32. The molecule has 1 atom stereocenters. The Balaban J connectivity index is 0.000000203. The maximum Gasteiger partial charge on any atom is 0 e. The molecule has 2 nitrogen and oxygen atoms in total. The van der Waals surface area contributed by atoms with Gasteiger partial charge in [-0.1, -0.05) is 166 Å². The van der Waals surface area contributed by atoms with Crippen LogP contribution in [0.4, 0.5) is 0 Å². The summed E-state index contributed by atoms with van der Waals surface area (Å²) >= 11 is -0.346. The number of hydrogen-bond donors (Lipinski definition) is 0. The van der Waals surface area contributed by atoms with Gasteiger partial charge in [0.2, 0.25) is 0 Å². The molecule has 54 heavy (non-hydrogen) atoms. The van der Waals surface area contributed by atoms with Crippen LogP contribution in [0.3, 0.4) is 0 Å². The predicted molar refractivity (Wildman–Crippen MR) is 229 cm³/mol. The van der Waals surface area contributed by atoms with Crippen LogP contribution >= 0.6 is 35.2 Å². The van der Waals surface area contributed by atoms with Crippen molar-refractivity contribution in [2.75, 3.05) is 6.61 Å². The number of benzene rings is 5. The number of aliphatic imine (C=N–C) groups is 1. The fourth-order valence-corrected chi connectivity index (χ4v) is 10.5. The molecule has 1 heterocycles. The summed E-state index contributed by atoms with van der Waals surface area (Å²) in [4.78, 5) is 4.87. The van der Waals surface area contributed by atoms with E-state index in [1.54, 1.807) is 0 Å². The van der Waals surface area contributed by atoms with E-state index < -0.39 is 15.8 Å². The van der Waals surface area contributed by atoms with Gasteiger partial charge < -0.3 is 4.74 Å². The number of ether oxygens (including phenoxy) is 1. The molecule has 8 rings (SSSR count). The third-order valence-electron chi connectivity index (χ3n) is 8.34. The first-order valence-corrected chi connectivity index (χ1v) is 24.6. The molecule has 0 spiro atoms. The predicted octanol–water partition coefficient (Wildman–Crippen LogP) is 10.1. The van der Waals surface area contributed by atoms with Gasteiger partial charge in [-0.25, -0.2) is 4.99 Å². The summed E-state index contributed by atoms with van der Waals surface area (Å²) in [5.74, 6) is 2.45. The first kappa shape index (κ1) is 44.9. The molecule has 8 heteroatoms. The molecule has 278 valence electrons. The monoisotopic (exact) mass is 915 g/mol. The third-order valence-corrected chi connectivity index (χ3v) is 13.3. The van der Waals surface area contributed by atoms with E-state index in [9.17, 15) is 0 Å². The van der Waals surface area contributed by atoms with Crippen LogP contribution in [-0.2, 0) is 37.0 Å². The Hall–Kier alpha value is -1.85. The zero-order valence-electron chi connectivity index (χ0n) is 30.1. The molecular weight excluding hydrogens is 872 g/mol. The standard InChI is InChI=1S/C23H23NOP.C18H15P.C5H5.2ClH.Fe.Ru/c1-17(2)21-16-25-23(24-21)20-14-9-15-22(20)26(18-10-5-3-6-11-18)19-12-7-4-8-13-19;1-4-10-16(11-5-1)19(17-12-6-2-7-13-17)18-14-8-3-9-15-18;1-2-4-5-3-1;;;;/h3-15,17,21H,16H2,1-2H3;1-15H;1-5H;2*1H;;/q;;;;;;+2/p-2/t21-;;;;;;/m1....../s1. The zero-order chi connectivity index (χ0) is 37.1. The van der Waals surface area contributed by atoms with Crippen LogP contribution in [0.2, 0.25) is 0 Å². The molecule has 5 aromatic carbocycles. The van der Waals surface area contributed by atoms with Crippen LogP contribution in [0.15, 0.2) is 157 Å². The van der Waals surface area contributed by atoms with Gasteiger partial charge in [0.25, 0.3) is 0 Å². The van der Waals surface area contributed by atoms with Crippen LogP contribution in [-0.4, -0.2) is 18.5 Å². The van der Waals surface area contributed by atoms with Crippen molar-refractivity contribution in [3.63, 3.8) is 0 Å². The second-order valence-electron chi connectivity index (χ2n) is 12.2. The summed E-state index contributed by atoms with van der Waals surface area (Å²) in [5, 5.41) is 6.89. The number of nitrogens with zero attached hydrogens (tertiary/aromatic N) is 1. The molecule has 2 saturated carbocycles. The number of halogens is 2. The molecule has 3 aliphatic rings. The molecule has 2 aliphatic carbocycles. The second kappa shape index (κ2) is 25.4. The van der Waals surface area contributed by atoms with Crippen LogP contribution < -0.4 is 26.5 Å². The van der Waals surface area contributed by atoms with E-state index in [1.165, 1.54) is 32.2 Å². The van der Waals surface area contributed by atoms with Crippen molar-refractivity contribution < 1.29 is 37.0 Å². The minimum Gasteiger partial charge on any atom is -0.0622 e. The Bertz CT molecular complexity index is 1600. The van der Waals surface area contributed by atoms with Gasteiger partial charge in [-0.3, -0.25) is 0 Å². The zero-order valence-corrected chi connectivity index (χ0v) is 36.3. The molecule has 0 unspecified atom stereocenters. The van der Waals surface area contributed by atoms with E-state index in [-0.39, 0.29) is 38.3 Å². The number of hydrogen-bond acceptors (Lipinski definition) is 2. The minimum atomic E-state index is -0.636. The first-order chi connectivity index (χ1) is 26.1. The molecule has 0 amide bonds. The van der Waals surface area contributed by atoms with Crippen molar-refractivity contribution in [2.24, 2.45) is 10.9 Å². The van der Waals surface area contributed by atoms with Crippen molar-refractivity contribution in [2.45, 2.75) is 19.9 Å². The Morgan fingerprint density at radius 2 is 0.870 bits per heavy atom. The average molecular weight is 916 g/mol. The number of rotatable bonds is 8. The van der Waals surface area contributed by atoms with E-state index in [2.05, 4.69) is 185 Å². The van der Waals surface area contributed by atoms with Gasteiger partial charge in [-0.15, -0.1) is 0 Å². The van der Waals surface area contributed by atoms with Crippen molar-refractivity contribution in [1.82, 2.24) is 0 Å². The Morgan fingerprint density at radius 3 is 1.19 bits per heavy atom. The average Bonchev–Trinajstić information content (AvgIpc) is 4.03. The van der Waals surface area contributed by atoms with Crippen molar-refractivity contribution in [3.8, 4) is 0 Å². The summed E-state index contributed by atoms with van der Waals surface area (Å²) < 4.78 is 5.99. The van der Waals surface area contributed by atoms with E-state index in [0.29, 0.717) is 12.5 Å². The summed E-state index contributed by atoms with van der Waals surface area (Å²) in [6.07, 6.45) is 16.5. The molecule has 2 fully saturated rings. The molecule has 0 aromatic heterocycles. The molecule has 0 saturated heterocycles. The van der Waals surface area contributed by atoms with Gasteiger partial charge in [0.15, 0.2) is 5.90 Å². The maximum absolute atomic E-state index is 5.99. The largest absolute Gasteiger partial charge is 0.0622 e. The molecule has 10 radical (unpaired) electrons. The molecule has 0 N–H and O–H groups in total. The SMILES string of the molecule is CC(C)[C@H]1COC([C]2[CH][CH][CH][C]2P(c2ccccc2)c2ccccc2)=N1.[CH]1[CH][CH][CH][CH]1.[Cl][Ru][Cl].[Fe].c1ccc(P(c2ccccc2)c2ccccc2)cc1. The first-order valence-electron chi connectivity index (χ1n) is 17.4. The quantitative estimate of drug-likeness (QED) is 0.112. The van der Waals surface area contributed by atoms with Gasteiger partial charge in [0, 0.05) is 22.7 Å². The Labute approximate surface area is 354 Å². The molecular formula is C46H43Cl2FeNOP2Ru. The van der Waals surface area contributed by atoms with Crippen LogP contribution in [0.5, 0.6) is 0 Å². The van der Waals surface area contributed by atoms with Crippen molar-refractivity contribution in [1.29, 1.82) is 0 Å². The minimum absolute atomic E-state index is 0. The Morgan fingerprint density at radius 1 is 0.537 bits per heavy atom. The van der Waals surface area contributed by atoms with Crippen LogP contribution in [0, 0.1) is 68.9 Å². The van der Waals surface area contributed by atoms with Gasteiger partial charge in [0.1, 0.15) is 6.61 Å². The third kappa shape index (κ3) is 13.7. The maximum atomic E-state index is 5.99. The van der Waals surface area contributed by atoms with E-state index in [0.717, 1.165) is 11.8 Å². The fourth-order valence-electron chi connectivity index (χ4n) is 5.75. The van der Waals surface area contributed by atoms with E-state index >= 15 is 0 Å². The van der Waals surface area contributed by atoms with Gasteiger partial charge in [-0.05, 0) is 99.7 Å². The normalized spacial score (nSPS) is 16.6. The summed E-state index contributed by atoms with van der Waals surface area (Å²) in [6.45, 7) is 5.09. The molecule has 0 bridgehead atoms. The smallest absolute Gasteiger partial charge is 0 e. The van der Waals surface area contributed by atoms with Gasteiger partial charge >= 0.3 is 34.5 Å². The topological polar surface area (TPSA) is 21.6 Å². The van der Waals surface area contributed by atoms with Crippen LogP contribution in [0.25, 0.3) is 0 Å².